The zero-order valence-corrected chi connectivity index (χ0v) is 12.4. The lowest BCUT2D eigenvalue weighted by Crippen LogP contribution is -2.44. The smallest absolute Gasteiger partial charge is 0.155 e. The molecule has 4 rings (SSSR count). The molecule has 20 heavy (non-hydrogen) atoms. The Morgan fingerprint density at radius 2 is 2.00 bits per heavy atom. The number of fused-ring (bicyclic) bond motifs is 3. The first kappa shape index (κ1) is 12.1. The van der Waals surface area contributed by atoms with Crippen molar-refractivity contribution in [3.8, 4) is 0 Å². The van der Waals surface area contributed by atoms with Gasteiger partial charge in [-0.2, -0.15) is 5.10 Å². The average Bonchev–Trinajstić information content (AvgIpc) is 2.97. The molecule has 0 amide bonds. The minimum Gasteiger partial charge on any atom is -0.352 e. The van der Waals surface area contributed by atoms with Crippen LogP contribution in [-0.4, -0.2) is 41.4 Å². The number of halogens is 1. The molecule has 2 N–H and O–H groups in total. The van der Waals surface area contributed by atoms with Crippen LogP contribution in [0.2, 0.25) is 0 Å². The number of H-pyrrole nitrogens is 1. The number of hydrogen-bond acceptors (Lipinski definition) is 4. The molecular formula is C14H14BrN5. The number of pyridine rings is 1. The molecule has 0 saturated carbocycles. The first-order chi connectivity index (χ1) is 9.83. The molecule has 3 aromatic rings. The summed E-state index contributed by atoms with van der Waals surface area (Å²) in [4.78, 5) is 7.16. The molecule has 0 radical (unpaired) electrons. The summed E-state index contributed by atoms with van der Waals surface area (Å²) in [5.41, 5.74) is 2.04. The van der Waals surface area contributed by atoms with Gasteiger partial charge < -0.3 is 10.2 Å². The van der Waals surface area contributed by atoms with Crippen LogP contribution < -0.4 is 10.2 Å². The van der Waals surface area contributed by atoms with E-state index in [1.165, 1.54) is 0 Å². The van der Waals surface area contributed by atoms with Gasteiger partial charge >= 0.3 is 0 Å². The van der Waals surface area contributed by atoms with E-state index in [1.807, 2.05) is 12.3 Å². The zero-order valence-electron chi connectivity index (χ0n) is 10.9. The van der Waals surface area contributed by atoms with Crippen molar-refractivity contribution in [2.45, 2.75) is 0 Å². The molecule has 1 aromatic carbocycles. The number of benzene rings is 1. The van der Waals surface area contributed by atoms with E-state index in [0.29, 0.717) is 0 Å². The van der Waals surface area contributed by atoms with Crippen LogP contribution in [0, 0.1) is 0 Å². The highest BCUT2D eigenvalue weighted by atomic mass is 79.9. The molecule has 0 bridgehead atoms. The first-order valence-corrected chi connectivity index (χ1v) is 7.50. The van der Waals surface area contributed by atoms with Crippen LogP contribution in [0.15, 0.2) is 28.9 Å². The van der Waals surface area contributed by atoms with Crippen molar-refractivity contribution in [2.24, 2.45) is 0 Å². The Hall–Kier alpha value is -1.66. The Morgan fingerprint density at radius 1 is 1.15 bits per heavy atom. The SMILES string of the molecule is Brc1ccc2nc(N3CCNCC3)c3[nH]ncc3c2c1. The molecule has 0 spiro atoms. The van der Waals surface area contributed by atoms with E-state index in [4.69, 9.17) is 4.98 Å². The van der Waals surface area contributed by atoms with Gasteiger partial charge in [0.2, 0.25) is 0 Å². The van der Waals surface area contributed by atoms with Crippen LogP contribution >= 0.6 is 15.9 Å². The highest BCUT2D eigenvalue weighted by Crippen LogP contribution is 2.31. The van der Waals surface area contributed by atoms with Gasteiger partial charge in [-0.1, -0.05) is 15.9 Å². The summed E-state index contributed by atoms with van der Waals surface area (Å²) in [6.07, 6.45) is 1.89. The van der Waals surface area contributed by atoms with Gasteiger partial charge in [0.1, 0.15) is 5.52 Å². The highest BCUT2D eigenvalue weighted by Gasteiger charge is 2.17. The number of anilines is 1. The van der Waals surface area contributed by atoms with Crippen molar-refractivity contribution in [3.63, 3.8) is 0 Å². The minimum absolute atomic E-state index is 0.975. The van der Waals surface area contributed by atoms with E-state index in [1.54, 1.807) is 0 Å². The van der Waals surface area contributed by atoms with E-state index in [-0.39, 0.29) is 0 Å². The summed E-state index contributed by atoms with van der Waals surface area (Å²) < 4.78 is 1.06. The number of nitrogens with one attached hydrogen (secondary N) is 2. The van der Waals surface area contributed by atoms with E-state index in [2.05, 4.69) is 48.5 Å². The van der Waals surface area contributed by atoms with E-state index < -0.39 is 0 Å². The van der Waals surface area contributed by atoms with Crippen molar-refractivity contribution in [1.29, 1.82) is 0 Å². The number of piperazine rings is 1. The number of rotatable bonds is 1. The predicted octanol–water partition coefficient (Wildman–Crippen LogP) is 2.28. The Morgan fingerprint density at radius 3 is 2.85 bits per heavy atom. The van der Waals surface area contributed by atoms with E-state index in [9.17, 15) is 0 Å². The molecular weight excluding hydrogens is 318 g/mol. The fourth-order valence-corrected chi connectivity index (χ4v) is 3.12. The number of hydrogen-bond donors (Lipinski definition) is 2. The molecule has 0 aliphatic carbocycles. The van der Waals surface area contributed by atoms with Gasteiger partial charge in [0.05, 0.1) is 11.7 Å². The largest absolute Gasteiger partial charge is 0.352 e. The molecule has 1 saturated heterocycles. The maximum absolute atomic E-state index is 4.85. The van der Waals surface area contributed by atoms with Crippen molar-refractivity contribution in [3.05, 3.63) is 28.9 Å². The van der Waals surface area contributed by atoms with Crippen LogP contribution in [0.5, 0.6) is 0 Å². The van der Waals surface area contributed by atoms with Crippen LogP contribution in [0.4, 0.5) is 5.82 Å². The second-order valence-electron chi connectivity index (χ2n) is 4.99. The lowest BCUT2D eigenvalue weighted by atomic mass is 10.1. The third kappa shape index (κ3) is 1.87. The lowest BCUT2D eigenvalue weighted by molar-refractivity contribution is 0.586. The molecule has 2 aromatic heterocycles. The van der Waals surface area contributed by atoms with Gasteiger partial charge in [-0.25, -0.2) is 4.98 Å². The molecule has 3 heterocycles. The van der Waals surface area contributed by atoms with Crippen molar-refractivity contribution in [1.82, 2.24) is 20.5 Å². The monoisotopic (exact) mass is 331 g/mol. The van der Waals surface area contributed by atoms with Gasteiger partial charge in [-0.15, -0.1) is 0 Å². The van der Waals surface area contributed by atoms with Gasteiger partial charge in [-0.05, 0) is 18.2 Å². The fourth-order valence-electron chi connectivity index (χ4n) is 2.76. The maximum Gasteiger partial charge on any atom is 0.155 e. The second-order valence-corrected chi connectivity index (χ2v) is 5.91. The second kappa shape index (κ2) is 4.71. The van der Waals surface area contributed by atoms with E-state index >= 15 is 0 Å². The van der Waals surface area contributed by atoms with Crippen molar-refractivity contribution in [2.75, 3.05) is 31.1 Å². The molecule has 1 aliphatic rings. The fraction of sp³-hybridized carbons (Fsp3) is 0.286. The van der Waals surface area contributed by atoms with E-state index in [0.717, 1.165) is 58.3 Å². The summed E-state index contributed by atoms with van der Waals surface area (Å²) >= 11 is 3.52. The number of nitrogens with zero attached hydrogens (tertiary/aromatic N) is 3. The van der Waals surface area contributed by atoms with Gasteiger partial charge in [0.25, 0.3) is 0 Å². The average molecular weight is 332 g/mol. The molecule has 102 valence electrons. The Kier molecular flexibility index (Phi) is 2.85. The maximum atomic E-state index is 4.85. The Balaban J connectivity index is 1.99. The summed E-state index contributed by atoms with van der Waals surface area (Å²) in [6.45, 7) is 3.94. The quantitative estimate of drug-likeness (QED) is 0.718. The zero-order chi connectivity index (χ0) is 13.5. The van der Waals surface area contributed by atoms with Crippen LogP contribution in [-0.2, 0) is 0 Å². The number of aromatic nitrogens is 3. The summed E-state index contributed by atoms with van der Waals surface area (Å²) in [5, 5.41) is 12.9. The van der Waals surface area contributed by atoms with Crippen LogP contribution in [0.3, 0.4) is 0 Å². The van der Waals surface area contributed by atoms with Crippen LogP contribution in [0.25, 0.3) is 21.8 Å². The van der Waals surface area contributed by atoms with Crippen molar-refractivity contribution < 1.29 is 0 Å². The van der Waals surface area contributed by atoms with Gasteiger partial charge in [0, 0.05) is 41.4 Å². The molecule has 6 heteroatoms. The van der Waals surface area contributed by atoms with Crippen molar-refractivity contribution >= 4 is 43.6 Å². The number of aromatic amines is 1. The van der Waals surface area contributed by atoms with Crippen LogP contribution in [0.1, 0.15) is 0 Å². The third-order valence-electron chi connectivity index (χ3n) is 3.75. The predicted molar refractivity (Wildman–Crippen MR) is 84.2 cm³/mol. The van der Waals surface area contributed by atoms with Gasteiger partial charge in [0.15, 0.2) is 5.82 Å². The molecule has 0 unspecified atom stereocenters. The molecule has 5 nitrogen and oxygen atoms in total. The third-order valence-corrected chi connectivity index (χ3v) is 4.25. The summed E-state index contributed by atoms with van der Waals surface area (Å²) in [6, 6.07) is 6.18. The molecule has 1 aliphatic heterocycles. The highest BCUT2D eigenvalue weighted by molar-refractivity contribution is 9.10. The first-order valence-electron chi connectivity index (χ1n) is 6.71. The normalized spacial score (nSPS) is 16.1. The summed E-state index contributed by atoms with van der Waals surface area (Å²) in [7, 11) is 0. The summed E-state index contributed by atoms with van der Waals surface area (Å²) in [5.74, 6) is 1.01. The standard InChI is InChI=1S/C14H14BrN5/c15-9-1-2-12-10(7-9)11-8-17-19-13(11)14(18-12)20-5-3-16-4-6-20/h1-2,7-8,16H,3-6H2,(H,17,19). The topological polar surface area (TPSA) is 56.8 Å². The van der Waals surface area contributed by atoms with Gasteiger partial charge in [-0.3, -0.25) is 5.10 Å². The Bertz CT molecular complexity index is 776. The molecule has 0 atom stereocenters. The Labute approximate surface area is 124 Å². The minimum atomic E-state index is 0.975. The molecule has 1 fully saturated rings. The lowest BCUT2D eigenvalue weighted by Gasteiger charge is -2.28.